The number of aliphatic hydroxyl groups is 4. The Morgan fingerprint density at radius 2 is 1.69 bits per heavy atom. The Kier molecular flexibility index (Phi) is 8.22. The molecule has 0 spiro atoms. The first-order chi connectivity index (χ1) is 17.3. The van der Waals surface area contributed by atoms with Crippen molar-refractivity contribution in [3.05, 3.63) is 76.7 Å². The molecule has 1 saturated heterocycles. The van der Waals surface area contributed by atoms with E-state index in [4.69, 9.17) is 14.2 Å². The molecule has 0 aliphatic carbocycles. The second kappa shape index (κ2) is 11.4. The first-order valence-corrected chi connectivity index (χ1v) is 11.8. The van der Waals surface area contributed by atoms with Gasteiger partial charge in [-0.2, -0.15) is 0 Å². The minimum Gasteiger partial charge on any atom is -0.489 e. The molecule has 5 atom stereocenters. The number of aliphatic hydroxyl groups excluding tert-OH is 4. The molecule has 3 aromatic rings. The summed E-state index contributed by atoms with van der Waals surface area (Å²) in [6.07, 6.45) is -6.76. The van der Waals surface area contributed by atoms with Gasteiger partial charge in [0.25, 0.3) is 0 Å². The zero-order chi connectivity index (χ0) is 25.8. The lowest BCUT2D eigenvalue weighted by atomic mass is 9.98. The van der Waals surface area contributed by atoms with Crippen LogP contribution in [0.5, 0.6) is 11.6 Å². The smallest absolute Gasteiger partial charge is 0.238 e. The average molecular weight is 503 g/mol. The van der Waals surface area contributed by atoms with Gasteiger partial charge < -0.3 is 34.6 Å². The van der Waals surface area contributed by atoms with Crippen molar-refractivity contribution in [2.45, 2.75) is 63.5 Å². The van der Waals surface area contributed by atoms with E-state index in [1.807, 2.05) is 32.0 Å². The third-order valence-corrected chi connectivity index (χ3v) is 6.20. The van der Waals surface area contributed by atoms with Gasteiger partial charge in [-0.05, 0) is 23.6 Å². The zero-order valence-electron chi connectivity index (χ0n) is 20.0. The van der Waals surface area contributed by atoms with E-state index in [0.717, 1.165) is 11.3 Å². The molecule has 0 radical (unpaired) electrons. The van der Waals surface area contributed by atoms with Gasteiger partial charge in [0.15, 0.2) is 0 Å². The lowest BCUT2D eigenvalue weighted by molar-refractivity contribution is -0.278. The number of halogens is 1. The van der Waals surface area contributed by atoms with Crippen LogP contribution >= 0.6 is 0 Å². The molecule has 0 unspecified atom stereocenters. The van der Waals surface area contributed by atoms with Crippen LogP contribution in [0.15, 0.2) is 48.5 Å². The molecule has 9 nitrogen and oxygen atoms in total. The number of benzene rings is 2. The van der Waals surface area contributed by atoms with Gasteiger partial charge in [-0.1, -0.05) is 50.2 Å². The molecule has 4 rings (SSSR count). The highest BCUT2D eigenvalue weighted by atomic mass is 19.1. The van der Waals surface area contributed by atoms with Crippen LogP contribution in [-0.4, -0.2) is 67.9 Å². The summed E-state index contributed by atoms with van der Waals surface area (Å²) in [6.45, 7) is 3.45. The lowest BCUT2D eigenvalue weighted by Gasteiger charge is -2.39. The molecular weight excluding hydrogens is 471 g/mol. The highest BCUT2D eigenvalue weighted by Gasteiger charge is 2.45. The van der Waals surface area contributed by atoms with Crippen LogP contribution in [0.3, 0.4) is 0 Å². The molecule has 2 heterocycles. The van der Waals surface area contributed by atoms with Crippen LogP contribution in [0.25, 0.3) is 0 Å². The first-order valence-electron chi connectivity index (χ1n) is 11.8. The topological polar surface area (TPSA) is 137 Å². The number of hydrogen-bond donors (Lipinski definition) is 5. The third-order valence-electron chi connectivity index (χ3n) is 6.20. The predicted octanol–water partition coefficient (Wildman–Crippen LogP) is 2.02. The average Bonchev–Trinajstić information content (AvgIpc) is 3.27. The summed E-state index contributed by atoms with van der Waals surface area (Å²) in [7, 11) is 0. The van der Waals surface area contributed by atoms with Gasteiger partial charge in [-0.3, -0.25) is 5.10 Å². The number of nitrogens with zero attached hydrogens (tertiary/aromatic N) is 1. The summed E-state index contributed by atoms with van der Waals surface area (Å²) in [4.78, 5) is 0. The third kappa shape index (κ3) is 5.53. The molecule has 0 amide bonds. The van der Waals surface area contributed by atoms with Crippen molar-refractivity contribution in [3.8, 4) is 11.6 Å². The van der Waals surface area contributed by atoms with E-state index in [1.54, 1.807) is 24.3 Å². The van der Waals surface area contributed by atoms with Gasteiger partial charge in [0.05, 0.1) is 6.61 Å². The molecule has 1 aromatic heterocycles. The van der Waals surface area contributed by atoms with Crippen LogP contribution in [0.2, 0.25) is 0 Å². The van der Waals surface area contributed by atoms with Crippen molar-refractivity contribution < 1.29 is 39.0 Å². The fraction of sp³-hybridized carbons (Fsp3) is 0.423. The van der Waals surface area contributed by atoms with Crippen LogP contribution in [0.1, 0.15) is 42.1 Å². The Balaban J connectivity index is 1.58. The number of aromatic amines is 1. The van der Waals surface area contributed by atoms with Crippen molar-refractivity contribution in [3.63, 3.8) is 0 Å². The summed E-state index contributed by atoms with van der Waals surface area (Å²) in [5.74, 6) is 0.413. The van der Waals surface area contributed by atoms with Gasteiger partial charge in [0, 0.05) is 23.2 Å². The molecule has 1 aliphatic rings. The molecule has 0 bridgehead atoms. The fourth-order valence-corrected chi connectivity index (χ4v) is 4.13. The first kappa shape index (κ1) is 26.1. The molecule has 194 valence electrons. The minimum atomic E-state index is -1.57. The van der Waals surface area contributed by atoms with E-state index >= 15 is 0 Å². The molecular formula is C26H31FN2O7. The minimum absolute atomic E-state index is 0.0474. The second-order valence-corrected chi connectivity index (χ2v) is 9.06. The number of para-hydroxylation sites is 1. The van der Waals surface area contributed by atoms with Crippen LogP contribution < -0.4 is 9.47 Å². The quantitative estimate of drug-likeness (QED) is 0.300. The van der Waals surface area contributed by atoms with Crippen molar-refractivity contribution >= 4 is 0 Å². The maximum Gasteiger partial charge on any atom is 0.238 e. The van der Waals surface area contributed by atoms with Gasteiger partial charge in [-0.25, -0.2) is 4.39 Å². The van der Waals surface area contributed by atoms with Crippen molar-refractivity contribution in [1.82, 2.24) is 10.2 Å². The standard InChI is InChI=1S/C26H31FN2O7/c1-14(2)21-17(25(29-28-21)36-26-24(33)23(32)22(31)20(12-30)35-26)11-15-7-4-6-10-19(15)34-13-16-8-3-5-9-18(16)27/h3-10,14,20,22-24,26,30-33H,11-13H2,1-2H3,(H,28,29)/t20-,22-,23+,24-,26+/m1/s1. The second-order valence-electron chi connectivity index (χ2n) is 9.06. The van der Waals surface area contributed by atoms with E-state index < -0.39 is 37.3 Å². The van der Waals surface area contributed by atoms with Crippen LogP contribution in [-0.2, 0) is 17.8 Å². The van der Waals surface area contributed by atoms with E-state index in [1.165, 1.54) is 6.07 Å². The number of rotatable bonds is 9. The summed E-state index contributed by atoms with van der Waals surface area (Å²) < 4.78 is 31.3. The summed E-state index contributed by atoms with van der Waals surface area (Å²) in [5.41, 5.74) is 2.71. The Morgan fingerprint density at radius 1 is 1.00 bits per heavy atom. The number of nitrogens with one attached hydrogen (secondary N) is 1. The van der Waals surface area contributed by atoms with E-state index in [9.17, 15) is 24.8 Å². The molecule has 0 saturated carbocycles. The molecule has 2 aromatic carbocycles. The summed E-state index contributed by atoms with van der Waals surface area (Å²) >= 11 is 0. The van der Waals surface area contributed by atoms with Gasteiger partial charge in [0.1, 0.15) is 42.6 Å². The fourth-order valence-electron chi connectivity index (χ4n) is 4.13. The van der Waals surface area contributed by atoms with Gasteiger partial charge in [0.2, 0.25) is 12.2 Å². The molecule has 1 fully saturated rings. The number of hydrogen-bond acceptors (Lipinski definition) is 8. The molecule has 1 aliphatic heterocycles. The highest BCUT2D eigenvalue weighted by molar-refractivity contribution is 5.43. The van der Waals surface area contributed by atoms with Gasteiger partial charge in [-0.15, -0.1) is 5.10 Å². The van der Waals surface area contributed by atoms with E-state index in [-0.39, 0.29) is 24.2 Å². The lowest BCUT2D eigenvalue weighted by Crippen LogP contribution is -2.60. The van der Waals surface area contributed by atoms with E-state index in [0.29, 0.717) is 23.3 Å². The molecule has 36 heavy (non-hydrogen) atoms. The van der Waals surface area contributed by atoms with E-state index in [2.05, 4.69) is 10.2 Å². The Labute approximate surface area is 208 Å². The predicted molar refractivity (Wildman–Crippen MR) is 127 cm³/mol. The Bertz CT molecular complexity index is 1150. The van der Waals surface area contributed by atoms with Crippen LogP contribution in [0, 0.1) is 5.82 Å². The van der Waals surface area contributed by atoms with Crippen LogP contribution in [0.4, 0.5) is 4.39 Å². The largest absolute Gasteiger partial charge is 0.489 e. The maximum atomic E-state index is 14.1. The normalized spacial score (nSPS) is 24.2. The zero-order valence-corrected chi connectivity index (χ0v) is 20.0. The number of H-pyrrole nitrogens is 1. The SMILES string of the molecule is CC(C)c1[nH]nc(O[C@@H]2O[C@H](CO)[C@@H](O)[C@H](O)[C@H]2O)c1Cc1ccccc1OCc1ccccc1F. The maximum absolute atomic E-state index is 14.1. The number of ether oxygens (including phenoxy) is 3. The molecule has 10 heteroatoms. The summed E-state index contributed by atoms with van der Waals surface area (Å²) in [6, 6.07) is 13.8. The van der Waals surface area contributed by atoms with Gasteiger partial charge >= 0.3 is 0 Å². The molecule has 5 N–H and O–H groups in total. The monoisotopic (exact) mass is 502 g/mol. The Morgan fingerprint density at radius 3 is 2.39 bits per heavy atom. The van der Waals surface area contributed by atoms with Crippen molar-refractivity contribution in [2.24, 2.45) is 0 Å². The number of aromatic nitrogens is 2. The van der Waals surface area contributed by atoms with Crippen molar-refractivity contribution in [2.75, 3.05) is 6.61 Å². The highest BCUT2D eigenvalue weighted by Crippen LogP contribution is 2.33. The van der Waals surface area contributed by atoms with Crippen molar-refractivity contribution in [1.29, 1.82) is 0 Å². The summed E-state index contributed by atoms with van der Waals surface area (Å²) in [5, 5.41) is 47.2. The Hall–Kier alpha value is -3.02.